The van der Waals surface area contributed by atoms with Gasteiger partial charge in [-0.05, 0) is 78.0 Å². The molecule has 29 heavy (non-hydrogen) atoms. The molecule has 0 aliphatic heterocycles. The zero-order valence-electron chi connectivity index (χ0n) is 15.9. The van der Waals surface area contributed by atoms with Crippen molar-refractivity contribution >= 4 is 44.7 Å². The van der Waals surface area contributed by atoms with Gasteiger partial charge in [-0.25, -0.2) is 0 Å². The van der Waals surface area contributed by atoms with Gasteiger partial charge in [0.25, 0.3) is 0 Å². The summed E-state index contributed by atoms with van der Waals surface area (Å²) in [5.74, 6) is 0. The highest BCUT2D eigenvalue weighted by Crippen LogP contribution is 2.41. The van der Waals surface area contributed by atoms with Crippen molar-refractivity contribution in [2.45, 2.75) is 38.5 Å². The van der Waals surface area contributed by atoms with Crippen LogP contribution in [0.5, 0.6) is 0 Å². The van der Waals surface area contributed by atoms with Gasteiger partial charge in [-0.1, -0.05) is 42.6 Å². The summed E-state index contributed by atoms with van der Waals surface area (Å²) >= 11 is 12.5. The first kappa shape index (κ1) is 22.2. The summed E-state index contributed by atoms with van der Waals surface area (Å²) in [5, 5.41) is 16.7. The normalized spacial score (nSPS) is 13.3. The van der Waals surface area contributed by atoms with Crippen LogP contribution in [0.15, 0.2) is 36.4 Å². The first-order valence-corrected chi connectivity index (χ1v) is 10.3. The average Bonchev–Trinajstić information content (AvgIpc) is 2.65. The van der Waals surface area contributed by atoms with Crippen LogP contribution in [-0.2, 0) is 6.18 Å². The third-order valence-corrected chi connectivity index (χ3v) is 5.50. The summed E-state index contributed by atoms with van der Waals surface area (Å²) < 4.78 is 39.6. The summed E-state index contributed by atoms with van der Waals surface area (Å²) in [6, 6.07) is 8.42. The van der Waals surface area contributed by atoms with Gasteiger partial charge >= 0.3 is 6.18 Å². The molecule has 0 fully saturated rings. The van der Waals surface area contributed by atoms with Crippen molar-refractivity contribution in [1.82, 2.24) is 5.32 Å². The lowest BCUT2D eigenvalue weighted by atomic mass is 9.92. The van der Waals surface area contributed by atoms with Gasteiger partial charge in [-0.15, -0.1) is 0 Å². The third-order valence-electron chi connectivity index (χ3n) is 4.99. The van der Waals surface area contributed by atoms with Crippen molar-refractivity contribution in [3.8, 4) is 0 Å². The molecule has 2 N–H and O–H groups in total. The van der Waals surface area contributed by atoms with Crippen molar-refractivity contribution in [3.05, 3.63) is 57.6 Å². The molecule has 0 radical (unpaired) electrons. The second kappa shape index (κ2) is 9.09. The Labute approximate surface area is 177 Å². The van der Waals surface area contributed by atoms with E-state index in [0.717, 1.165) is 31.5 Å². The van der Waals surface area contributed by atoms with Crippen LogP contribution in [0.4, 0.5) is 13.2 Å². The third kappa shape index (κ3) is 4.97. The maximum Gasteiger partial charge on any atom is 0.416 e. The second-order valence-electron chi connectivity index (χ2n) is 7.12. The molecule has 0 heterocycles. The summed E-state index contributed by atoms with van der Waals surface area (Å²) in [7, 11) is 0. The molecule has 0 spiro atoms. The monoisotopic (exact) mass is 443 g/mol. The number of nitrogens with one attached hydrogen (secondary N) is 1. The van der Waals surface area contributed by atoms with E-state index < -0.39 is 17.8 Å². The standard InChI is InChI=1S/C22H22Cl2F3NO/c1-2-3-7-28-8-6-20(29)18-9-13-4-5-14(22(25,26)27)10-16(13)17-11-15(23)12-19(24)21(17)18/h4-5,9-12,20,28-29H,2-3,6-8H2,1H3. The van der Waals surface area contributed by atoms with E-state index in [1.807, 2.05) is 0 Å². The minimum atomic E-state index is -4.45. The van der Waals surface area contributed by atoms with Crippen molar-refractivity contribution in [2.75, 3.05) is 13.1 Å². The van der Waals surface area contributed by atoms with Crippen LogP contribution < -0.4 is 5.32 Å². The van der Waals surface area contributed by atoms with Crippen molar-refractivity contribution < 1.29 is 18.3 Å². The van der Waals surface area contributed by atoms with E-state index in [4.69, 9.17) is 23.2 Å². The predicted molar refractivity (Wildman–Crippen MR) is 114 cm³/mol. The minimum Gasteiger partial charge on any atom is -0.388 e. The van der Waals surface area contributed by atoms with E-state index in [2.05, 4.69) is 12.2 Å². The lowest BCUT2D eigenvalue weighted by Crippen LogP contribution is -2.18. The Morgan fingerprint density at radius 1 is 1.03 bits per heavy atom. The number of halogens is 5. The summed E-state index contributed by atoms with van der Waals surface area (Å²) in [6.07, 6.45) is -2.66. The molecule has 3 aromatic rings. The van der Waals surface area contributed by atoms with Gasteiger partial charge in [-0.2, -0.15) is 13.2 Å². The Kier molecular flexibility index (Phi) is 6.94. The molecular weight excluding hydrogens is 422 g/mol. The van der Waals surface area contributed by atoms with E-state index in [9.17, 15) is 18.3 Å². The van der Waals surface area contributed by atoms with E-state index >= 15 is 0 Å². The fraction of sp³-hybridized carbons (Fsp3) is 0.364. The Morgan fingerprint density at radius 3 is 2.48 bits per heavy atom. The maximum atomic E-state index is 13.2. The molecule has 0 saturated carbocycles. The fourth-order valence-corrected chi connectivity index (χ4v) is 4.10. The minimum absolute atomic E-state index is 0.305. The number of aliphatic hydroxyl groups is 1. The van der Waals surface area contributed by atoms with Crippen molar-refractivity contribution in [1.29, 1.82) is 0 Å². The Morgan fingerprint density at radius 2 is 1.79 bits per heavy atom. The fourth-order valence-electron chi connectivity index (χ4n) is 3.49. The Hall–Kier alpha value is -1.53. The average molecular weight is 444 g/mol. The Bertz CT molecular complexity index is 1020. The lowest BCUT2D eigenvalue weighted by molar-refractivity contribution is -0.137. The van der Waals surface area contributed by atoms with Gasteiger partial charge in [0.15, 0.2) is 0 Å². The van der Waals surface area contributed by atoms with Crippen LogP contribution in [0.2, 0.25) is 10.0 Å². The number of alkyl halides is 3. The molecule has 0 aliphatic carbocycles. The first-order chi connectivity index (χ1) is 13.7. The molecule has 3 aromatic carbocycles. The van der Waals surface area contributed by atoms with Crippen LogP contribution in [0, 0.1) is 0 Å². The molecule has 0 bridgehead atoms. The number of hydrogen-bond donors (Lipinski definition) is 2. The number of unbranched alkanes of at least 4 members (excludes halogenated alkanes) is 1. The van der Waals surface area contributed by atoms with Crippen LogP contribution in [0.3, 0.4) is 0 Å². The van der Waals surface area contributed by atoms with E-state index in [1.54, 1.807) is 18.2 Å². The number of hydrogen-bond acceptors (Lipinski definition) is 2. The quantitative estimate of drug-likeness (QED) is 0.300. The Balaban J connectivity index is 2.10. The van der Waals surface area contributed by atoms with Gasteiger partial charge in [0.2, 0.25) is 0 Å². The molecule has 2 nitrogen and oxygen atoms in total. The summed E-state index contributed by atoms with van der Waals surface area (Å²) in [6.45, 7) is 3.60. The van der Waals surface area contributed by atoms with E-state index in [0.29, 0.717) is 50.1 Å². The van der Waals surface area contributed by atoms with Crippen LogP contribution in [0.25, 0.3) is 21.5 Å². The molecule has 7 heteroatoms. The SMILES string of the molecule is CCCCNCCC(O)c1cc2ccc(C(F)(F)F)cc2c2cc(Cl)cc(Cl)c12. The highest BCUT2D eigenvalue weighted by molar-refractivity contribution is 6.40. The zero-order chi connectivity index (χ0) is 21.2. The van der Waals surface area contributed by atoms with Crippen molar-refractivity contribution in [3.63, 3.8) is 0 Å². The van der Waals surface area contributed by atoms with Crippen LogP contribution >= 0.6 is 23.2 Å². The number of rotatable bonds is 7. The molecule has 0 saturated heterocycles. The molecule has 0 amide bonds. The van der Waals surface area contributed by atoms with Gasteiger partial charge < -0.3 is 10.4 Å². The summed E-state index contributed by atoms with van der Waals surface area (Å²) in [4.78, 5) is 0. The maximum absolute atomic E-state index is 13.2. The van der Waals surface area contributed by atoms with Crippen molar-refractivity contribution in [2.24, 2.45) is 0 Å². The van der Waals surface area contributed by atoms with Crippen LogP contribution in [0.1, 0.15) is 43.4 Å². The second-order valence-corrected chi connectivity index (χ2v) is 7.96. The smallest absolute Gasteiger partial charge is 0.388 e. The molecular formula is C22H22Cl2F3NO. The number of benzene rings is 3. The van der Waals surface area contributed by atoms with Gasteiger partial charge in [0.1, 0.15) is 0 Å². The zero-order valence-corrected chi connectivity index (χ0v) is 17.4. The van der Waals surface area contributed by atoms with Gasteiger partial charge in [0, 0.05) is 10.4 Å². The molecule has 1 atom stereocenters. The topological polar surface area (TPSA) is 32.3 Å². The lowest BCUT2D eigenvalue weighted by Gasteiger charge is -2.18. The van der Waals surface area contributed by atoms with Gasteiger partial charge in [-0.3, -0.25) is 0 Å². The highest BCUT2D eigenvalue weighted by Gasteiger charge is 2.31. The highest BCUT2D eigenvalue weighted by atomic mass is 35.5. The largest absolute Gasteiger partial charge is 0.416 e. The number of aliphatic hydroxyl groups excluding tert-OH is 1. The molecule has 0 aromatic heterocycles. The number of fused-ring (bicyclic) bond motifs is 3. The van der Waals surface area contributed by atoms with Gasteiger partial charge in [0.05, 0.1) is 16.7 Å². The summed E-state index contributed by atoms with van der Waals surface area (Å²) in [5.41, 5.74) is -0.151. The van der Waals surface area contributed by atoms with Crippen LogP contribution in [-0.4, -0.2) is 18.2 Å². The van der Waals surface area contributed by atoms with E-state index in [-0.39, 0.29) is 0 Å². The predicted octanol–water partition coefficient (Wildman–Crippen LogP) is 7.13. The molecule has 156 valence electrons. The van der Waals surface area contributed by atoms with E-state index in [1.165, 1.54) is 6.07 Å². The molecule has 0 aliphatic rings. The molecule has 1 unspecified atom stereocenters. The molecule has 3 rings (SSSR count). The first-order valence-electron chi connectivity index (χ1n) is 9.53.